The van der Waals surface area contributed by atoms with Crippen molar-refractivity contribution in [3.8, 4) is 0 Å². The van der Waals surface area contributed by atoms with Gasteiger partial charge in [0, 0.05) is 36.6 Å². The van der Waals surface area contributed by atoms with Gasteiger partial charge in [-0.15, -0.1) is 0 Å². The highest BCUT2D eigenvalue weighted by Gasteiger charge is 2.27. The molecule has 0 unspecified atom stereocenters. The third kappa shape index (κ3) is 8.81. The van der Waals surface area contributed by atoms with E-state index >= 15 is 0 Å². The molecule has 0 heterocycles. The lowest BCUT2D eigenvalue weighted by molar-refractivity contribution is -0.140. The first-order valence-corrected chi connectivity index (χ1v) is 13.8. The van der Waals surface area contributed by atoms with Crippen LogP contribution in [0.2, 0.25) is 5.02 Å². The molecule has 1 atom stereocenters. The molecule has 0 radical (unpaired) electrons. The lowest BCUT2D eigenvalue weighted by Gasteiger charge is -2.29. The Bertz CT molecular complexity index is 1110. The SMILES string of the molecule is CCCCNC(=O)[C@H](C)N(Cc1ccccc1F)C(=O)CCCN(c1cccc(Cl)c1)S(C)(=O)=O. The van der Waals surface area contributed by atoms with E-state index in [9.17, 15) is 22.4 Å². The molecule has 0 saturated carbocycles. The van der Waals surface area contributed by atoms with Crippen LogP contribution in [0.1, 0.15) is 45.1 Å². The van der Waals surface area contributed by atoms with Gasteiger partial charge in [0.15, 0.2) is 0 Å². The van der Waals surface area contributed by atoms with E-state index in [1.165, 1.54) is 21.3 Å². The molecule has 7 nitrogen and oxygen atoms in total. The van der Waals surface area contributed by atoms with Crippen molar-refractivity contribution >= 4 is 39.1 Å². The van der Waals surface area contributed by atoms with Gasteiger partial charge in [-0.3, -0.25) is 13.9 Å². The van der Waals surface area contributed by atoms with E-state index in [1.54, 1.807) is 43.3 Å². The molecule has 0 aliphatic carbocycles. The summed E-state index contributed by atoms with van der Waals surface area (Å²) < 4.78 is 40.2. The summed E-state index contributed by atoms with van der Waals surface area (Å²) in [7, 11) is -3.61. The molecule has 0 aromatic heterocycles. The van der Waals surface area contributed by atoms with Gasteiger partial charge in [0.05, 0.1) is 11.9 Å². The molecule has 0 saturated heterocycles. The van der Waals surface area contributed by atoms with Crippen LogP contribution in [0.15, 0.2) is 48.5 Å². The minimum atomic E-state index is -3.61. The molecule has 2 rings (SSSR count). The van der Waals surface area contributed by atoms with E-state index in [2.05, 4.69) is 5.32 Å². The number of hydrogen-bond acceptors (Lipinski definition) is 4. The highest BCUT2D eigenvalue weighted by Crippen LogP contribution is 2.23. The summed E-state index contributed by atoms with van der Waals surface area (Å²) in [4.78, 5) is 27.2. The number of anilines is 1. The number of hydrogen-bond donors (Lipinski definition) is 1. The fourth-order valence-electron chi connectivity index (χ4n) is 3.56. The van der Waals surface area contributed by atoms with Crippen molar-refractivity contribution in [2.24, 2.45) is 0 Å². The topological polar surface area (TPSA) is 86.8 Å². The zero-order valence-corrected chi connectivity index (χ0v) is 21.9. The van der Waals surface area contributed by atoms with E-state index in [0.29, 0.717) is 22.8 Å². The molecule has 0 fully saturated rings. The Hall–Kier alpha value is -2.65. The van der Waals surface area contributed by atoms with Gasteiger partial charge in [-0.2, -0.15) is 0 Å². The predicted octanol–water partition coefficient (Wildman–Crippen LogP) is 4.36. The van der Waals surface area contributed by atoms with Crippen LogP contribution in [-0.4, -0.2) is 50.5 Å². The summed E-state index contributed by atoms with van der Waals surface area (Å²) in [5.41, 5.74) is 0.699. The fourth-order valence-corrected chi connectivity index (χ4v) is 4.71. The van der Waals surface area contributed by atoms with Crippen LogP contribution in [0.3, 0.4) is 0 Å². The molecule has 10 heteroatoms. The van der Waals surface area contributed by atoms with E-state index in [1.807, 2.05) is 6.92 Å². The molecule has 0 bridgehead atoms. The number of nitrogens with zero attached hydrogens (tertiary/aromatic N) is 2. The van der Waals surface area contributed by atoms with Crippen LogP contribution in [0.5, 0.6) is 0 Å². The molecule has 0 aliphatic rings. The van der Waals surface area contributed by atoms with Gasteiger partial charge >= 0.3 is 0 Å². The first kappa shape index (κ1) is 28.6. The van der Waals surface area contributed by atoms with Crippen molar-refractivity contribution in [2.45, 2.75) is 52.1 Å². The maximum Gasteiger partial charge on any atom is 0.242 e. The van der Waals surface area contributed by atoms with Gasteiger partial charge in [0.2, 0.25) is 21.8 Å². The Balaban J connectivity index is 2.15. The van der Waals surface area contributed by atoms with Gasteiger partial charge in [0.25, 0.3) is 0 Å². The zero-order valence-electron chi connectivity index (χ0n) is 20.3. The van der Waals surface area contributed by atoms with Crippen molar-refractivity contribution in [3.05, 3.63) is 64.9 Å². The average molecular weight is 526 g/mol. The second-order valence-electron chi connectivity index (χ2n) is 8.35. The van der Waals surface area contributed by atoms with Crippen LogP contribution in [-0.2, 0) is 26.2 Å². The van der Waals surface area contributed by atoms with E-state index in [4.69, 9.17) is 11.6 Å². The van der Waals surface area contributed by atoms with Crippen LogP contribution in [0, 0.1) is 5.82 Å². The molecule has 0 aliphatic heterocycles. The van der Waals surface area contributed by atoms with Crippen molar-refractivity contribution in [3.63, 3.8) is 0 Å². The molecule has 2 aromatic rings. The molecule has 192 valence electrons. The van der Waals surface area contributed by atoms with Crippen LogP contribution in [0.4, 0.5) is 10.1 Å². The molecule has 2 amide bonds. The molecular formula is C25H33ClFN3O4S. The van der Waals surface area contributed by atoms with Crippen molar-refractivity contribution < 1.29 is 22.4 Å². The minimum absolute atomic E-state index is 0.0202. The first-order chi connectivity index (χ1) is 16.5. The van der Waals surface area contributed by atoms with Gasteiger partial charge in [0.1, 0.15) is 11.9 Å². The monoisotopic (exact) mass is 525 g/mol. The van der Waals surface area contributed by atoms with Gasteiger partial charge in [-0.05, 0) is 44.0 Å². The Labute approximate surface area is 212 Å². The second-order valence-corrected chi connectivity index (χ2v) is 10.7. The van der Waals surface area contributed by atoms with E-state index in [0.717, 1.165) is 19.1 Å². The summed E-state index contributed by atoms with van der Waals surface area (Å²) in [5.74, 6) is -1.15. The van der Waals surface area contributed by atoms with Gasteiger partial charge in [-0.25, -0.2) is 12.8 Å². The Morgan fingerprint density at radius 2 is 1.83 bits per heavy atom. The highest BCUT2D eigenvalue weighted by atomic mass is 35.5. The summed E-state index contributed by atoms with van der Waals surface area (Å²) in [6.07, 6.45) is 2.99. The largest absolute Gasteiger partial charge is 0.354 e. The lowest BCUT2D eigenvalue weighted by Crippen LogP contribution is -2.48. The highest BCUT2D eigenvalue weighted by molar-refractivity contribution is 7.92. The van der Waals surface area contributed by atoms with Crippen molar-refractivity contribution in [1.29, 1.82) is 0 Å². The summed E-state index contributed by atoms with van der Waals surface area (Å²) in [5, 5.41) is 3.21. The number of carbonyl (C=O) groups is 2. The number of halogens is 2. The number of rotatable bonds is 13. The van der Waals surface area contributed by atoms with E-state index in [-0.39, 0.29) is 37.7 Å². The number of amides is 2. The summed E-state index contributed by atoms with van der Waals surface area (Å²) in [6, 6.07) is 11.7. The number of unbranched alkanes of at least 4 members (excludes halogenated alkanes) is 1. The first-order valence-electron chi connectivity index (χ1n) is 11.6. The lowest BCUT2D eigenvalue weighted by atomic mass is 10.1. The maximum atomic E-state index is 14.3. The third-order valence-electron chi connectivity index (χ3n) is 5.54. The van der Waals surface area contributed by atoms with Gasteiger partial charge < -0.3 is 10.2 Å². The predicted molar refractivity (Wildman–Crippen MR) is 137 cm³/mol. The smallest absolute Gasteiger partial charge is 0.242 e. The molecule has 0 spiro atoms. The van der Waals surface area contributed by atoms with Crippen LogP contribution in [0.25, 0.3) is 0 Å². The Morgan fingerprint density at radius 1 is 1.11 bits per heavy atom. The number of carbonyl (C=O) groups excluding carboxylic acids is 2. The molecule has 35 heavy (non-hydrogen) atoms. The molecule has 1 N–H and O–H groups in total. The zero-order chi connectivity index (χ0) is 26.0. The van der Waals surface area contributed by atoms with Gasteiger partial charge in [-0.1, -0.05) is 49.2 Å². The maximum absolute atomic E-state index is 14.3. The molecule has 2 aromatic carbocycles. The Morgan fingerprint density at radius 3 is 2.46 bits per heavy atom. The van der Waals surface area contributed by atoms with Crippen molar-refractivity contribution in [1.82, 2.24) is 10.2 Å². The second kappa shape index (κ2) is 13.4. The van der Waals surface area contributed by atoms with Crippen LogP contribution >= 0.6 is 11.6 Å². The average Bonchev–Trinajstić information content (AvgIpc) is 2.80. The number of nitrogens with one attached hydrogen (secondary N) is 1. The normalized spacial score (nSPS) is 12.1. The molecular weight excluding hydrogens is 493 g/mol. The van der Waals surface area contributed by atoms with E-state index < -0.39 is 21.9 Å². The van der Waals surface area contributed by atoms with Crippen LogP contribution < -0.4 is 9.62 Å². The quantitative estimate of drug-likeness (QED) is 0.394. The minimum Gasteiger partial charge on any atom is -0.354 e. The third-order valence-corrected chi connectivity index (χ3v) is 6.97. The standard InChI is InChI=1S/C25H33ClFN3O4S/c1-4-5-15-28-25(32)19(2)29(18-20-10-6-7-13-23(20)27)24(31)14-9-16-30(35(3,33)34)22-12-8-11-21(26)17-22/h6-8,10-13,17,19H,4-5,9,14-16,18H2,1-3H3,(H,28,32)/t19-/m0/s1. The fraction of sp³-hybridized carbons (Fsp3) is 0.440. The summed E-state index contributed by atoms with van der Waals surface area (Å²) in [6.45, 7) is 4.08. The number of benzene rings is 2. The summed E-state index contributed by atoms with van der Waals surface area (Å²) >= 11 is 6.01. The van der Waals surface area contributed by atoms with Crippen molar-refractivity contribution in [2.75, 3.05) is 23.7 Å². The number of sulfonamides is 1. The Kier molecular flexibility index (Phi) is 11.0.